The van der Waals surface area contributed by atoms with Crippen LogP contribution in [0.4, 0.5) is 0 Å². The highest BCUT2D eigenvalue weighted by Gasteiger charge is 2.62. The number of sulfonamides is 1. The van der Waals surface area contributed by atoms with Crippen LogP contribution >= 0.6 is 0 Å². The van der Waals surface area contributed by atoms with Crippen molar-refractivity contribution < 1.29 is 31.6 Å². The Labute approximate surface area is 331 Å². The summed E-state index contributed by atoms with van der Waals surface area (Å²) in [7, 11) is -1.56. The molecule has 8 nitrogen and oxygen atoms in total. The van der Waals surface area contributed by atoms with Gasteiger partial charge in [0.05, 0.1) is 17.2 Å². The summed E-state index contributed by atoms with van der Waals surface area (Å²) in [5.41, 5.74) is 2.55. The van der Waals surface area contributed by atoms with Crippen LogP contribution < -0.4 is 10.2 Å². The molecule has 1 aliphatic rings. The van der Waals surface area contributed by atoms with Crippen LogP contribution in [0.5, 0.6) is 0 Å². The van der Waals surface area contributed by atoms with Gasteiger partial charge in [0.1, 0.15) is 29.2 Å². The van der Waals surface area contributed by atoms with Crippen LogP contribution in [0.25, 0.3) is 0 Å². The monoisotopic (exact) mass is 769 g/mol. The molecule has 1 N–H and O–H groups in total. The SMILES string of the molecule is CCCC[C@@H](NS(=O)(=O)c1ccc(C)cc1)c1occc1B1O[C@@H](C(OC)(c2ccccc2)c2ccccc2)[C@H](C(OC)(c2ccccc2)c2ccccc2)O1. The number of rotatable bonds is 16. The highest BCUT2D eigenvalue weighted by molar-refractivity contribution is 7.89. The molecular formula is C46H48BNO7S. The Morgan fingerprint density at radius 1 is 0.661 bits per heavy atom. The van der Waals surface area contributed by atoms with E-state index in [1.165, 1.54) is 0 Å². The minimum Gasteiger partial charge on any atom is -0.468 e. The lowest BCUT2D eigenvalue weighted by molar-refractivity contribution is -0.136. The zero-order valence-corrected chi connectivity index (χ0v) is 33.0. The number of hydrogen-bond donors (Lipinski definition) is 1. The predicted molar refractivity (Wildman–Crippen MR) is 219 cm³/mol. The van der Waals surface area contributed by atoms with E-state index in [0.29, 0.717) is 17.6 Å². The summed E-state index contributed by atoms with van der Waals surface area (Å²) in [6.45, 7) is 3.99. The molecule has 0 aliphatic carbocycles. The third-order valence-corrected chi connectivity index (χ3v) is 12.3. The van der Waals surface area contributed by atoms with Crippen LogP contribution in [0.2, 0.25) is 0 Å². The van der Waals surface area contributed by atoms with Crippen molar-refractivity contribution in [3.05, 3.63) is 191 Å². The Morgan fingerprint density at radius 2 is 1.09 bits per heavy atom. The number of furan rings is 1. The molecule has 0 saturated carbocycles. The molecule has 1 aliphatic heterocycles. The lowest BCUT2D eigenvalue weighted by atomic mass is 9.71. The summed E-state index contributed by atoms with van der Waals surface area (Å²) >= 11 is 0. The van der Waals surface area contributed by atoms with Crippen molar-refractivity contribution in [2.75, 3.05) is 14.2 Å². The molecule has 0 bridgehead atoms. The largest absolute Gasteiger partial charge is 0.498 e. The molecule has 0 unspecified atom stereocenters. The molecule has 0 spiro atoms. The maximum absolute atomic E-state index is 13.9. The molecular weight excluding hydrogens is 721 g/mol. The topological polar surface area (TPSA) is 96.2 Å². The van der Waals surface area contributed by atoms with Crippen LogP contribution in [0.1, 0.15) is 65.8 Å². The number of nitrogens with one attached hydrogen (secondary N) is 1. The van der Waals surface area contributed by atoms with Gasteiger partial charge in [0.2, 0.25) is 10.0 Å². The van der Waals surface area contributed by atoms with E-state index >= 15 is 0 Å². The average Bonchev–Trinajstić information content (AvgIpc) is 3.91. The fourth-order valence-corrected chi connectivity index (χ4v) is 9.31. The normalized spacial score (nSPS) is 16.9. The summed E-state index contributed by atoms with van der Waals surface area (Å²) in [5, 5.41) is 0. The Hall–Kier alpha value is -4.81. The van der Waals surface area contributed by atoms with E-state index < -0.39 is 46.6 Å². The number of hydrogen-bond acceptors (Lipinski definition) is 7. The predicted octanol–water partition coefficient (Wildman–Crippen LogP) is 8.46. The average molecular weight is 770 g/mol. The molecule has 6 aromatic rings. The summed E-state index contributed by atoms with van der Waals surface area (Å²) < 4.78 is 65.1. The molecule has 0 radical (unpaired) electrons. The third kappa shape index (κ3) is 7.41. The third-order valence-electron chi connectivity index (χ3n) is 10.8. The molecule has 56 heavy (non-hydrogen) atoms. The van der Waals surface area contributed by atoms with Crippen LogP contribution in [-0.2, 0) is 40.0 Å². The fraction of sp³-hybridized carbons (Fsp3) is 0.261. The zero-order chi connectivity index (χ0) is 39.2. The van der Waals surface area contributed by atoms with Crippen molar-refractivity contribution in [2.24, 2.45) is 0 Å². The van der Waals surface area contributed by atoms with Crippen molar-refractivity contribution in [1.82, 2.24) is 4.72 Å². The lowest BCUT2D eigenvalue weighted by Crippen LogP contribution is -2.56. The quantitative estimate of drug-likeness (QED) is 0.0988. The first-order chi connectivity index (χ1) is 27.3. The lowest BCUT2D eigenvalue weighted by Gasteiger charge is -2.46. The minimum absolute atomic E-state index is 0.178. The van der Waals surface area contributed by atoms with E-state index in [0.717, 1.165) is 40.7 Å². The minimum atomic E-state index is -3.92. The molecule has 7 rings (SSSR count). The summed E-state index contributed by atoms with van der Waals surface area (Å²) in [6.07, 6.45) is 1.98. The number of ether oxygens (including phenoxy) is 2. The van der Waals surface area contributed by atoms with Gasteiger partial charge in [-0.2, -0.15) is 0 Å². The molecule has 1 saturated heterocycles. The Morgan fingerprint density at radius 3 is 1.48 bits per heavy atom. The van der Waals surface area contributed by atoms with Crippen molar-refractivity contribution >= 4 is 22.6 Å². The highest BCUT2D eigenvalue weighted by atomic mass is 32.2. The van der Waals surface area contributed by atoms with Gasteiger partial charge in [0.25, 0.3) is 0 Å². The van der Waals surface area contributed by atoms with Gasteiger partial charge in [-0.05, 0) is 53.8 Å². The first kappa shape index (κ1) is 39.4. The van der Waals surface area contributed by atoms with Gasteiger partial charge in [-0.25, -0.2) is 13.1 Å². The smallest absolute Gasteiger partial charge is 0.468 e. The Balaban J connectivity index is 1.42. The standard InChI is InChI=1S/C46H48BNO7S/c1-5-6-27-41(48-56(49,50)39-30-28-34(2)29-31-39)42-40(32-33-53-42)47-54-43(45(51-3,35-19-11-7-12-20-35)36-21-13-8-14-22-36)44(55-47)46(52-4,37-23-15-9-16-24-37)38-25-17-10-18-26-38/h7-26,28-33,41,43-44,48H,5-6,27H2,1-4H3/t41-,43-,44-/m1/s1. The number of aryl methyl sites for hydroxylation is 1. The first-order valence-corrected chi connectivity index (χ1v) is 20.6. The van der Waals surface area contributed by atoms with Crippen LogP contribution in [-0.4, -0.2) is 42.0 Å². The van der Waals surface area contributed by atoms with E-state index in [-0.39, 0.29) is 4.90 Å². The maximum atomic E-state index is 13.9. The summed E-state index contributed by atoms with van der Waals surface area (Å²) in [6, 6.07) is 48.0. The van der Waals surface area contributed by atoms with Crippen molar-refractivity contribution in [1.29, 1.82) is 0 Å². The van der Waals surface area contributed by atoms with E-state index in [4.69, 9.17) is 23.2 Å². The molecule has 1 aromatic heterocycles. The molecule has 1 fully saturated rings. The highest BCUT2D eigenvalue weighted by Crippen LogP contribution is 2.50. The molecule has 288 valence electrons. The van der Waals surface area contributed by atoms with Gasteiger partial charge in [0, 0.05) is 19.7 Å². The molecule has 5 aromatic carbocycles. The number of unbranched alkanes of at least 4 members (excludes halogenated alkanes) is 1. The van der Waals surface area contributed by atoms with Crippen molar-refractivity contribution in [2.45, 2.75) is 67.5 Å². The van der Waals surface area contributed by atoms with E-state index in [1.807, 2.05) is 128 Å². The first-order valence-electron chi connectivity index (χ1n) is 19.1. The van der Waals surface area contributed by atoms with Gasteiger partial charge >= 0.3 is 7.12 Å². The second kappa shape index (κ2) is 17.1. The van der Waals surface area contributed by atoms with Gasteiger partial charge in [0.15, 0.2) is 0 Å². The van der Waals surface area contributed by atoms with Crippen LogP contribution in [0, 0.1) is 6.92 Å². The zero-order valence-electron chi connectivity index (χ0n) is 32.2. The Bertz CT molecular complexity index is 2080. The van der Waals surface area contributed by atoms with Crippen LogP contribution in [0.15, 0.2) is 167 Å². The maximum Gasteiger partial charge on any atom is 0.498 e. The summed E-state index contributed by atoms with van der Waals surface area (Å²) in [5.74, 6) is 0.420. The fourth-order valence-electron chi connectivity index (χ4n) is 8.08. The van der Waals surface area contributed by atoms with Gasteiger partial charge in [-0.15, -0.1) is 0 Å². The van der Waals surface area contributed by atoms with E-state index in [1.54, 1.807) is 50.8 Å². The van der Waals surface area contributed by atoms with E-state index in [2.05, 4.69) is 11.6 Å². The van der Waals surface area contributed by atoms with Gasteiger partial charge in [-0.3, -0.25) is 0 Å². The van der Waals surface area contributed by atoms with E-state index in [9.17, 15) is 8.42 Å². The second-order valence-corrected chi connectivity index (χ2v) is 15.9. The number of benzene rings is 5. The van der Waals surface area contributed by atoms with Crippen molar-refractivity contribution in [3.8, 4) is 0 Å². The molecule has 0 amide bonds. The van der Waals surface area contributed by atoms with Crippen LogP contribution in [0.3, 0.4) is 0 Å². The Kier molecular flexibility index (Phi) is 12.1. The van der Waals surface area contributed by atoms with Crippen molar-refractivity contribution in [3.63, 3.8) is 0 Å². The molecule has 10 heteroatoms. The molecule has 3 atom stereocenters. The van der Waals surface area contributed by atoms with Gasteiger partial charge < -0.3 is 23.2 Å². The number of methoxy groups -OCH3 is 2. The van der Waals surface area contributed by atoms with Gasteiger partial charge in [-0.1, -0.05) is 159 Å². The second-order valence-electron chi connectivity index (χ2n) is 14.2. The summed E-state index contributed by atoms with van der Waals surface area (Å²) in [4.78, 5) is 0.178. The molecule has 2 heterocycles.